The third-order valence-electron chi connectivity index (χ3n) is 3.23. The average Bonchev–Trinajstić information content (AvgIpc) is 2.46. The van der Waals surface area contributed by atoms with E-state index < -0.39 is 10.0 Å². The molecule has 1 heterocycles. The molecule has 4 nitrogen and oxygen atoms in total. The first-order valence-corrected chi connectivity index (χ1v) is 8.26. The Morgan fingerprint density at radius 1 is 1.10 bits per heavy atom. The normalized spacial score (nSPS) is 12.3. The van der Waals surface area contributed by atoms with E-state index in [-0.39, 0.29) is 16.9 Å². The fourth-order valence-electron chi connectivity index (χ4n) is 1.89. The van der Waals surface area contributed by atoms with Crippen LogP contribution in [0.15, 0.2) is 53.7 Å². The van der Waals surface area contributed by atoms with E-state index in [1.54, 1.807) is 12.3 Å². The molecule has 2 aromatic rings. The van der Waals surface area contributed by atoms with Crippen molar-refractivity contribution in [2.45, 2.75) is 37.6 Å². The molecule has 0 aliphatic heterocycles. The third-order valence-corrected chi connectivity index (χ3v) is 4.62. The lowest BCUT2D eigenvalue weighted by Crippen LogP contribution is -2.23. The summed E-state index contributed by atoms with van der Waals surface area (Å²) in [4.78, 5) is 4.00. The van der Waals surface area contributed by atoms with Crippen LogP contribution in [0.25, 0.3) is 0 Å². The minimum absolute atomic E-state index is 0.0910. The molecule has 0 bridgehead atoms. The molecule has 0 saturated heterocycles. The monoisotopic (exact) mass is 304 g/mol. The van der Waals surface area contributed by atoms with Gasteiger partial charge in [0.2, 0.25) is 10.0 Å². The van der Waals surface area contributed by atoms with Gasteiger partial charge in [0.1, 0.15) is 4.90 Å². The molecule has 0 spiro atoms. The van der Waals surface area contributed by atoms with E-state index >= 15 is 0 Å². The molecule has 0 unspecified atom stereocenters. The van der Waals surface area contributed by atoms with Crippen LogP contribution in [0.3, 0.4) is 0 Å². The van der Waals surface area contributed by atoms with E-state index in [1.807, 2.05) is 24.3 Å². The van der Waals surface area contributed by atoms with Crippen LogP contribution in [0, 0.1) is 0 Å². The van der Waals surface area contributed by atoms with Gasteiger partial charge in [0.15, 0.2) is 0 Å². The Morgan fingerprint density at radius 3 is 2.29 bits per heavy atom. The van der Waals surface area contributed by atoms with E-state index in [4.69, 9.17) is 0 Å². The van der Waals surface area contributed by atoms with Crippen LogP contribution in [-0.4, -0.2) is 13.4 Å². The lowest BCUT2D eigenvalue weighted by Gasteiger charge is -2.19. The maximum atomic E-state index is 12.1. The van der Waals surface area contributed by atoms with Gasteiger partial charge in [0, 0.05) is 18.9 Å². The molecular formula is C16H20N2O2S. The van der Waals surface area contributed by atoms with Crippen molar-refractivity contribution in [1.82, 2.24) is 9.71 Å². The number of hydrogen-bond donors (Lipinski definition) is 1. The molecule has 0 atom stereocenters. The average molecular weight is 304 g/mol. The van der Waals surface area contributed by atoms with Crippen molar-refractivity contribution in [2.24, 2.45) is 0 Å². The van der Waals surface area contributed by atoms with Gasteiger partial charge in [-0.3, -0.25) is 4.98 Å². The topological polar surface area (TPSA) is 59.1 Å². The molecule has 5 heteroatoms. The second kappa shape index (κ2) is 5.95. The molecule has 1 aromatic carbocycles. The number of sulfonamides is 1. The van der Waals surface area contributed by atoms with E-state index in [2.05, 4.69) is 30.5 Å². The predicted molar refractivity (Wildman–Crippen MR) is 83.4 cm³/mol. The smallest absolute Gasteiger partial charge is 0.242 e. The van der Waals surface area contributed by atoms with Crippen LogP contribution in [-0.2, 0) is 22.0 Å². The van der Waals surface area contributed by atoms with Gasteiger partial charge in [-0.25, -0.2) is 13.1 Å². The van der Waals surface area contributed by atoms with Crippen LogP contribution >= 0.6 is 0 Å². The van der Waals surface area contributed by atoms with Crippen molar-refractivity contribution in [3.63, 3.8) is 0 Å². The summed E-state index contributed by atoms with van der Waals surface area (Å²) in [7, 11) is -3.51. The largest absolute Gasteiger partial charge is 0.263 e. The van der Waals surface area contributed by atoms with Crippen molar-refractivity contribution in [3.8, 4) is 0 Å². The molecule has 0 fully saturated rings. The summed E-state index contributed by atoms with van der Waals surface area (Å²) in [6.07, 6.45) is 2.88. The summed E-state index contributed by atoms with van der Waals surface area (Å²) in [6.45, 7) is 6.70. The third kappa shape index (κ3) is 4.12. The fourth-order valence-corrected chi connectivity index (χ4v) is 2.87. The minimum Gasteiger partial charge on any atom is -0.263 e. The molecule has 1 N–H and O–H groups in total. The summed E-state index contributed by atoms with van der Waals surface area (Å²) >= 11 is 0. The van der Waals surface area contributed by atoms with E-state index in [1.165, 1.54) is 17.8 Å². The Bertz CT molecular complexity index is 687. The first-order valence-electron chi connectivity index (χ1n) is 6.78. The van der Waals surface area contributed by atoms with Gasteiger partial charge < -0.3 is 0 Å². The molecule has 0 aliphatic rings. The standard InChI is InChI=1S/C16H20N2O2S/c1-16(2,3)14-8-6-13(7-9-14)11-18-21(19,20)15-5-4-10-17-12-15/h4-10,12,18H,11H2,1-3H3. The zero-order chi connectivity index (χ0) is 15.5. The molecule has 0 amide bonds. The van der Waals surface area contributed by atoms with Gasteiger partial charge in [0.05, 0.1) is 0 Å². The van der Waals surface area contributed by atoms with Crippen molar-refractivity contribution < 1.29 is 8.42 Å². The quantitative estimate of drug-likeness (QED) is 0.945. The van der Waals surface area contributed by atoms with Crippen molar-refractivity contribution >= 4 is 10.0 Å². The number of aromatic nitrogens is 1. The lowest BCUT2D eigenvalue weighted by molar-refractivity contribution is 0.580. The fraction of sp³-hybridized carbons (Fsp3) is 0.312. The zero-order valence-corrected chi connectivity index (χ0v) is 13.3. The predicted octanol–water partition coefficient (Wildman–Crippen LogP) is 2.86. The lowest BCUT2D eigenvalue weighted by atomic mass is 9.87. The second-order valence-corrected chi connectivity index (χ2v) is 7.73. The SMILES string of the molecule is CC(C)(C)c1ccc(CNS(=O)(=O)c2cccnc2)cc1. The summed E-state index contributed by atoms with van der Waals surface area (Å²) < 4.78 is 26.7. The minimum atomic E-state index is -3.51. The molecule has 0 radical (unpaired) electrons. The Hall–Kier alpha value is -1.72. The number of hydrogen-bond acceptors (Lipinski definition) is 3. The van der Waals surface area contributed by atoms with Gasteiger partial charge in [-0.1, -0.05) is 45.0 Å². The second-order valence-electron chi connectivity index (χ2n) is 5.96. The Kier molecular flexibility index (Phi) is 4.44. The first kappa shape index (κ1) is 15.7. The number of nitrogens with one attached hydrogen (secondary N) is 1. The highest BCUT2D eigenvalue weighted by Gasteiger charge is 2.15. The summed E-state index contributed by atoms with van der Waals surface area (Å²) in [5.74, 6) is 0. The molecule has 2 rings (SSSR count). The molecule has 21 heavy (non-hydrogen) atoms. The molecule has 1 aromatic heterocycles. The molecule has 0 saturated carbocycles. The summed E-state index contributed by atoms with van der Waals surface area (Å²) in [5.41, 5.74) is 2.24. The van der Waals surface area contributed by atoms with Gasteiger partial charge in [-0.2, -0.15) is 0 Å². The van der Waals surface area contributed by atoms with E-state index in [0.717, 1.165) is 5.56 Å². The maximum Gasteiger partial charge on any atom is 0.242 e. The highest BCUT2D eigenvalue weighted by atomic mass is 32.2. The van der Waals surface area contributed by atoms with Crippen LogP contribution < -0.4 is 4.72 Å². The number of pyridine rings is 1. The number of nitrogens with zero attached hydrogens (tertiary/aromatic N) is 1. The van der Waals surface area contributed by atoms with Gasteiger partial charge >= 0.3 is 0 Å². The Balaban J connectivity index is 2.07. The highest BCUT2D eigenvalue weighted by molar-refractivity contribution is 7.89. The van der Waals surface area contributed by atoms with Gasteiger partial charge in [-0.05, 0) is 28.7 Å². The number of benzene rings is 1. The van der Waals surface area contributed by atoms with Crippen molar-refractivity contribution in [1.29, 1.82) is 0 Å². The van der Waals surface area contributed by atoms with Crippen LogP contribution in [0.5, 0.6) is 0 Å². The molecule has 0 aliphatic carbocycles. The van der Waals surface area contributed by atoms with E-state index in [0.29, 0.717) is 0 Å². The first-order chi connectivity index (χ1) is 9.79. The van der Waals surface area contributed by atoms with E-state index in [9.17, 15) is 8.42 Å². The van der Waals surface area contributed by atoms with Gasteiger partial charge in [0.25, 0.3) is 0 Å². The van der Waals surface area contributed by atoms with Crippen LogP contribution in [0.2, 0.25) is 0 Å². The van der Waals surface area contributed by atoms with Crippen molar-refractivity contribution in [2.75, 3.05) is 0 Å². The Labute approximate surface area is 126 Å². The zero-order valence-electron chi connectivity index (χ0n) is 12.5. The van der Waals surface area contributed by atoms with Crippen LogP contribution in [0.1, 0.15) is 31.9 Å². The van der Waals surface area contributed by atoms with Crippen molar-refractivity contribution in [3.05, 3.63) is 59.9 Å². The maximum absolute atomic E-state index is 12.1. The summed E-state index contributed by atoms with van der Waals surface area (Å²) in [5, 5.41) is 0. The Morgan fingerprint density at radius 2 is 1.76 bits per heavy atom. The van der Waals surface area contributed by atoms with Crippen LogP contribution in [0.4, 0.5) is 0 Å². The number of rotatable bonds is 4. The highest BCUT2D eigenvalue weighted by Crippen LogP contribution is 2.22. The molecule has 112 valence electrons. The molecular weight excluding hydrogens is 284 g/mol. The summed E-state index contributed by atoms with van der Waals surface area (Å²) in [6, 6.07) is 11.1. The van der Waals surface area contributed by atoms with Gasteiger partial charge in [-0.15, -0.1) is 0 Å².